The van der Waals surface area contributed by atoms with Crippen LogP contribution in [0, 0.1) is 0 Å². The van der Waals surface area contributed by atoms with Crippen molar-refractivity contribution in [1.82, 2.24) is 4.98 Å². The van der Waals surface area contributed by atoms with Gasteiger partial charge in [0.2, 0.25) is 0 Å². The number of halogens is 2. The summed E-state index contributed by atoms with van der Waals surface area (Å²) in [5, 5.41) is 0.870. The maximum Gasteiger partial charge on any atom is 0.152 e. The van der Waals surface area contributed by atoms with Gasteiger partial charge in [-0.05, 0) is 19.1 Å². The lowest BCUT2D eigenvalue weighted by Gasteiger charge is -1.98. The highest BCUT2D eigenvalue weighted by molar-refractivity contribution is 6.37. The predicted molar refractivity (Wildman–Crippen MR) is 54.0 cm³/mol. The molecule has 0 N–H and O–H groups in total. The van der Waals surface area contributed by atoms with E-state index >= 15 is 0 Å². The van der Waals surface area contributed by atoms with Crippen molar-refractivity contribution in [1.29, 1.82) is 0 Å². The van der Waals surface area contributed by atoms with E-state index in [1.807, 2.05) is 0 Å². The Morgan fingerprint density at radius 1 is 1.38 bits per heavy atom. The molecule has 1 heterocycles. The average molecular weight is 216 g/mol. The highest BCUT2D eigenvalue weighted by Gasteiger charge is 2.01. The molecule has 0 radical (unpaired) electrons. The normalized spacial score (nSPS) is 10.7. The lowest BCUT2D eigenvalue weighted by Crippen LogP contribution is -1.83. The Balaban J connectivity index is 3.06. The van der Waals surface area contributed by atoms with Crippen LogP contribution in [0.1, 0.15) is 12.5 Å². The van der Waals surface area contributed by atoms with Gasteiger partial charge in [-0.2, -0.15) is 0 Å². The van der Waals surface area contributed by atoms with Gasteiger partial charge in [-0.3, -0.25) is 9.78 Å². The molecule has 0 aliphatic heterocycles. The van der Waals surface area contributed by atoms with Crippen LogP contribution in [0.25, 0.3) is 6.08 Å². The van der Waals surface area contributed by atoms with Crippen molar-refractivity contribution in [2.75, 3.05) is 0 Å². The second-order valence-electron chi connectivity index (χ2n) is 2.46. The first-order valence-electron chi connectivity index (χ1n) is 3.59. The van der Waals surface area contributed by atoms with E-state index in [0.717, 1.165) is 0 Å². The smallest absolute Gasteiger partial charge is 0.152 e. The summed E-state index contributed by atoms with van der Waals surface area (Å²) in [5.74, 6) is -0.0519. The van der Waals surface area contributed by atoms with Crippen molar-refractivity contribution >= 4 is 35.1 Å². The molecule has 2 nitrogen and oxygen atoms in total. The molecule has 0 atom stereocenters. The van der Waals surface area contributed by atoms with Crippen LogP contribution >= 0.6 is 23.2 Å². The summed E-state index contributed by atoms with van der Waals surface area (Å²) in [5.41, 5.74) is 0.619. The van der Waals surface area contributed by atoms with Crippen LogP contribution in [0.4, 0.5) is 0 Å². The van der Waals surface area contributed by atoms with E-state index in [2.05, 4.69) is 4.98 Å². The molecule has 0 saturated heterocycles. The molecule has 1 aromatic heterocycles. The van der Waals surface area contributed by atoms with Crippen LogP contribution in [0.2, 0.25) is 10.0 Å². The first-order valence-corrected chi connectivity index (χ1v) is 4.34. The monoisotopic (exact) mass is 215 g/mol. The molecule has 0 aliphatic rings. The Bertz CT molecular complexity index is 340. The average Bonchev–Trinajstić information content (AvgIpc) is 2.03. The molecule has 0 aromatic carbocycles. The zero-order chi connectivity index (χ0) is 9.84. The SMILES string of the molecule is CC(=O)/C=C/c1c(Cl)cncc1Cl. The van der Waals surface area contributed by atoms with Gasteiger partial charge in [0.1, 0.15) is 0 Å². The van der Waals surface area contributed by atoms with E-state index < -0.39 is 0 Å². The van der Waals surface area contributed by atoms with Crippen molar-refractivity contribution in [2.24, 2.45) is 0 Å². The van der Waals surface area contributed by atoms with Crippen molar-refractivity contribution in [2.45, 2.75) is 6.92 Å². The fourth-order valence-electron chi connectivity index (χ4n) is 0.781. The van der Waals surface area contributed by atoms with Gasteiger partial charge in [-0.1, -0.05) is 23.2 Å². The Morgan fingerprint density at radius 2 is 1.92 bits per heavy atom. The maximum absolute atomic E-state index is 10.7. The van der Waals surface area contributed by atoms with Gasteiger partial charge in [0.15, 0.2) is 5.78 Å². The largest absolute Gasteiger partial charge is 0.295 e. The fraction of sp³-hybridized carbons (Fsp3) is 0.111. The number of allylic oxidation sites excluding steroid dienone is 1. The fourth-order valence-corrected chi connectivity index (χ4v) is 1.27. The Hall–Kier alpha value is -0.860. The first kappa shape index (κ1) is 10.2. The molecule has 0 amide bonds. The highest BCUT2D eigenvalue weighted by atomic mass is 35.5. The minimum absolute atomic E-state index is 0.0519. The van der Waals surface area contributed by atoms with E-state index in [4.69, 9.17) is 23.2 Å². The minimum Gasteiger partial charge on any atom is -0.295 e. The molecule has 68 valence electrons. The summed E-state index contributed by atoms with van der Waals surface area (Å²) >= 11 is 11.6. The lowest BCUT2D eigenvalue weighted by atomic mass is 10.2. The molecule has 1 aromatic rings. The Kier molecular flexibility index (Phi) is 3.46. The molecular formula is C9H7Cl2NO. The standard InChI is InChI=1S/C9H7Cl2NO/c1-6(13)2-3-7-8(10)4-12-5-9(7)11/h2-5H,1H3/b3-2+. The molecule has 13 heavy (non-hydrogen) atoms. The summed E-state index contributed by atoms with van der Waals surface area (Å²) in [4.78, 5) is 14.4. The number of hydrogen-bond donors (Lipinski definition) is 0. The molecular weight excluding hydrogens is 209 g/mol. The highest BCUT2D eigenvalue weighted by Crippen LogP contribution is 2.23. The van der Waals surface area contributed by atoms with Gasteiger partial charge in [-0.25, -0.2) is 0 Å². The van der Waals surface area contributed by atoms with E-state index in [0.29, 0.717) is 15.6 Å². The third kappa shape index (κ3) is 2.83. The van der Waals surface area contributed by atoms with Crippen molar-refractivity contribution in [3.05, 3.63) is 34.1 Å². The first-order chi connectivity index (χ1) is 6.11. The minimum atomic E-state index is -0.0519. The molecule has 0 saturated carbocycles. The zero-order valence-electron chi connectivity index (χ0n) is 6.92. The Labute approximate surface area is 86.2 Å². The molecule has 0 unspecified atom stereocenters. The van der Waals surface area contributed by atoms with Crippen LogP contribution in [-0.2, 0) is 4.79 Å². The lowest BCUT2D eigenvalue weighted by molar-refractivity contribution is -0.112. The van der Waals surface area contributed by atoms with Crippen molar-refractivity contribution in [3.8, 4) is 0 Å². The second kappa shape index (κ2) is 4.40. The number of nitrogens with zero attached hydrogens (tertiary/aromatic N) is 1. The summed E-state index contributed by atoms with van der Waals surface area (Å²) < 4.78 is 0. The van der Waals surface area contributed by atoms with Gasteiger partial charge in [0.05, 0.1) is 10.0 Å². The number of hydrogen-bond acceptors (Lipinski definition) is 2. The van der Waals surface area contributed by atoms with Crippen LogP contribution in [0.15, 0.2) is 18.5 Å². The van der Waals surface area contributed by atoms with E-state index in [-0.39, 0.29) is 5.78 Å². The maximum atomic E-state index is 10.7. The second-order valence-corrected chi connectivity index (χ2v) is 3.28. The topological polar surface area (TPSA) is 30.0 Å². The van der Waals surface area contributed by atoms with Gasteiger partial charge in [0.25, 0.3) is 0 Å². The molecule has 4 heteroatoms. The van der Waals surface area contributed by atoms with Crippen LogP contribution in [0.3, 0.4) is 0 Å². The van der Waals surface area contributed by atoms with Crippen molar-refractivity contribution < 1.29 is 4.79 Å². The number of rotatable bonds is 2. The summed E-state index contributed by atoms with van der Waals surface area (Å²) in [6, 6.07) is 0. The third-order valence-corrected chi connectivity index (χ3v) is 1.98. The number of pyridine rings is 1. The van der Waals surface area contributed by atoms with E-state index in [1.54, 1.807) is 6.08 Å². The molecule has 0 aliphatic carbocycles. The summed E-state index contributed by atoms with van der Waals surface area (Å²) in [6.07, 6.45) is 5.95. The quantitative estimate of drug-likeness (QED) is 0.711. The molecule has 0 bridgehead atoms. The van der Waals surface area contributed by atoms with E-state index in [9.17, 15) is 4.79 Å². The number of ketones is 1. The summed E-state index contributed by atoms with van der Waals surface area (Å²) in [7, 11) is 0. The third-order valence-electron chi connectivity index (χ3n) is 1.38. The van der Waals surface area contributed by atoms with Crippen molar-refractivity contribution in [3.63, 3.8) is 0 Å². The number of carbonyl (C=O) groups excluding carboxylic acids is 1. The van der Waals surface area contributed by atoms with Crippen LogP contribution in [0.5, 0.6) is 0 Å². The molecule has 1 rings (SSSR count). The molecule has 0 fully saturated rings. The van der Waals surface area contributed by atoms with Gasteiger partial charge in [0, 0.05) is 18.0 Å². The number of carbonyl (C=O) groups is 1. The van der Waals surface area contributed by atoms with Gasteiger partial charge < -0.3 is 0 Å². The van der Waals surface area contributed by atoms with Crippen LogP contribution in [-0.4, -0.2) is 10.8 Å². The van der Waals surface area contributed by atoms with Gasteiger partial charge >= 0.3 is 0 Å². The predicted octanol–water partition coefficient (Wildman–Crippen LogP) is 2.99. The zero-order valence-corrected chi connectivity index (χ0v) is 8.43. The molecule has 0 spiro atoms. The van der Waals surface area contributed by atoms with Gasteiger partial charge in [-0.15, -0.1) is 0 Å². The van der Waals surface area contributed by atoms with E-state index in [1.165, 1.54) is 25.4 Å². The number of aromatic nitrogens is 1. The summed E-state index contributed by atoms with van der Waals surface area (Å²) in [6.45, 7) is 1.46. The van der Waals surface area contributed by atoms with Crippen LogP contribution < -0.4 is 0 Å². The Morgan fingerprint density at radius 3 is 2.38 bits per heavy atom.